The summed E-state index contributed by atoms with van der Waals surface area (Å²) in [6.45, 7) is 28.1. The zero-order chi connectivity index (χ0) is 46.4. The number of fused-ring (bicyclic) bond motifs is 16. The fourth-order valence-corrected chi connectivity index (χ4v) is 11.6. The molecule has 0 spiro atoms. The molecule has 4 nitrogen and oxygen atoms in total. The Kier molecular flexibility index (Phi) is 7.80. The van der Waals surface area contributed by atoms with Gasteiger partial charge in [0.2, 0.25) is 0 Å². The lowest BCUT2D eigenvalue weighted by molar-refractivity contribution is 0.590. The summed E-state index contributed by atoms with van der Waals surface area (Å²) >= 11 is 0. The van der Waals surface area contributed by atoms with Gasteiger partial charge in [-0.15, -0.1) is 0 Å². The van der Waals surface area contributed by atoms with Crippen LogP contribution in [0.25, 0.3) is 115 Å². The third kappa shape index (κ3) is 5.50. The molecule has 0 saturated heterocycles. The molecule has 0 aliphatic carbocycles. The predicted molar refractivity (Wildman–Crippen MR) is 288 cm³/mol. The molecular formula is C63H58N4. The molecule has 0 saturated carbocycles. The van der Waals surface area contributed by atoms with Crippen LogP contribution >= 0.6 is 0 Å². The molecule has 67 heavy (non-hydrogen) atoms. The highest BCUT2D eigenvalue weighted by Crippen LogP contribution is 2.51. The monoisotopic (exact) mass is 870 g/mol. The number of benzene rings is 7. The van der Waals surface area contributed by atoms with Gasteiger partial charge in [-0.1, -0.05) is 132 Å². The van der Waals surface area contributed by atoms with E-state index >= 15 is 0 Å². The Morgan fingerprint density at radius 2 is 0.866 bits per heavy atom. The number of hydrogen-bond acceptors (Lipinski definition) is 1. The minimum absolute atomic E-state index is 0.0349. The van der Waals surface area contributed by atoms with Crippen molar-refractivity contribution < 1.29 is 0 Å². The first-order chi connectivity index (χ1) is 31.8. The summed E-state index contributed by atoms with van der Waals surface area (Å²) in [6, 6.07) is 48.9. The van der Waals surface area contributed by atoms with Gasteiger partial charge in [0.15, 0.2) is 0 Å². The lowest BCUT2D eigenvalue weighted by Gasteiger charge is -2.22. The van der Waals surface area contributed by atoms with Crippen molar-refractivity contribution in [3.8, 4) is 16.8 Å². The minimum Gasteiger partial charge on any atom is -0.309 e. The van der Waals surface area contributed by atoms with Crippen LogP contribution in [-0.4, -0.2) is 18.4 Å². The summed E-state index contributed by atoms with van der Waals surface area (Å²) in [5.74, 6) is 0. The summed E-state index contributed by atoms with van der Waals surface area (Å²) in [6.07, 6.45) is 2.19. The van der Waals surface area contributed by atoms with Gasteiger partial charge in [-0.05, 0) is 128 Å². The summed E-state index contributed by atoms with van der Waals surface area (Å²) in [4.78, 5) is 5.59. The van der Waals surface area contributed by atoms with Crippen LogP contribution in [0.4, 0.5) is 0 Å². The summed E-state index contributed by atoms with van der Waals surface area (Å²) in [5, 5.41) is 12.9. The molecule has 6 heterocycles. The number of hydrogen-bond donors (Lipinski definition) is 0. The van der Waals surface area contributed by atoms with E-state index in [-0.39, 0.29) is 21.7 Å². The highest BCUT2D eigenvalue weighted by molar-refractivity contribution is 6.35. The number of nitrogens with zero attached hydrogens (tertiary/aromatic N) is 4. The second-order valence-electron chi connectivity index (χ2n) is 23.8. The number of para-hydroxylation sites is 2. The third-order valence-electron chi connectivity index (χ3n) is 15.3. The Morgan fingerprint density at radius 1 is 0.358 bits per heavy atom. The van der Waals surface area contributed by atoms with Gasteiger partial charge in [0.05, 0.1) is 44.8 Å². The van der Waals surface area contributed by atoms with Crippen LogP contribution in [0.2, 0.25) is 0 Å². The molecule has 13 aromatic rings. The maximum Gasteiger partial charge on any atom is 0.146 e. The van der Waals surface area contributed by atoms with Crippen molar-refractivity contribution in [3.63, 3.8) is 0 Å². The number of pyridine rings is 1. The maximum absolute atomic E-state index is 5.59. The topological polar surface area (TPSA) is 26.6 Å². The smallest absolute Gasteiger partial charge is 0.146 e. The van der Waals surface area contributed by atoms with Crippen LogP contribution in [-0.2, 0) is 21.7 Å². The van der Waals surface area contributed by atoms with Crippen molar-refractivity contribution in [2.75, 3.05) is 0 Å². The Bertz CT molecular complexity index is 4220. The average molecular weight is 871 g/mol. The standard InChI is InChI=1S/C63H58N4/c1-60(2,3)36-23-25-52-44(27-36)45-29-38(62(7,8)9)33-49-55-54-48-32-39(63(10,11)12)31-47-46-30-37(61(4,5)6)28-42(56(46)66(57(47)48)53(54)34-64-59(55)67(52)58(45)49)35-22-24-51-43(26-35)41-20-16-17-21-50(41)65(51)40-18-14-13-15-19-40/h13-34H,1-12H3. The molecule has 330 valence electrons. The van der Waals surface area contributed by atoms with Crippen LogP contribution in [0, 0.1) is 0 Å². The number of aromatic nitrogens is 4. The fourth-order valence-electron chi connectivity index (χ4n) is 11.6. The zero-order valence-corrected chi connectivity index (χ0v) is 41.0. The van der Waals surface area contributed by atoms with E-state index < -0.39 is 0 Å². The molecule has 0 radical (unpaired) electrons. The van der Waals surface area contributed by atoms with Crippen molar-refractivity contribution in [2.45, 2.75) is 105 Å². The van der Waals surface area contributed by atoms with Crippen LogP contribution in [0.5, 0.6) is 0 Å². The normalized spacial score (nSPS) is 13.7. The molecule has 0 N–H and O–H groups in total. The van der Waals surface area contributed by atoms with E-state index in [0.29, 0.717) is 0 Å². The van der Waals surface area contributed by atoms with Gasteiger partial charge >= 0.3 is 0 Å². The lowest BCUT2D eigenvalue weighted by atomic mass is 9.82. The molecule has 7 aromatic carbocycles. The highest BCUT2D eigenvalue weighted by atomic mass is 15.0. The molecular weight excluding hydrogens is 813 g/mol. The molecule has 0 fully saturated rings. The Hall–Kier alpha value is -6.91. The van der Waals surface area contributed by atoms with Gasteiger partial charge in [0.25, 0.3) is 0 Å². The summed E-state index contributed by atoms with van der Waals surface area (Å²) in [7, 11) is 0. The first-order valence-corrected chi connectivity index (χ1v) is 24.2. The second-order valence-corrected chi connectivity index (χ2v) is 23.8. The fraction of sp³-hybridized carbons (Fsp3) is 0.254. The van der Waals surface area contributed by atoms with Crippen molar-refractivity contribution in [2.24, 2.45) is 0 Å². The lowest BCUT2D eigenvalue weighted by Crippen LogP contribution is -2.11. The summed E-state index contributed by atoms with van der Waals surface area (Å²) in [5.41, 5.74) is 18.5. The molecule has 0 bridgehead atoms. The molecule has 0 aliphatic heterocycles. The van der Waals surface area contributed by atoms with E-state index in [1.807, 2.05) is 0 Å². The van der Waals surface area contributed by atoms with Gasteiger partial charge in [-0.3, -0.25) is 4.40 Å². The van der Waals surface area contributed by atoms with Crippen LogP contribution in [0.3, 0.4) is 0 Å². The Labute approximate surface area is 392 Å². The first-order valence-electron chi connectivity index (χ1n) is 24.2. The van der Waals surface area contributed by atoms with E-state index in [1.54, 1.807) is 0 Å². The summed E-state index contributed by atoms with van der Waals surface area (Å²) < 4.78 is 7.49. The maximum atomic E-state index is 5.59. The predicted octanol–water partition coefficient (Wildman–Crippen LogP) is 17.3. The molecule has 13 rings (SSSR count). The van der Waals surface area contributed by atoms with Gasteiger partial charge in [0.1, 0.15) is 5.65 Å². The van der Waals surface area contributed by atoms with Crippen molar-refractivity contribution in [1.29, 1.82) is 0 Å². The van der Waals surface area contributed by atoms with Crippen molar-refractivity contribution in [3.05, 3.63) is 156 Å². The van der Waals surface area contributed by atoms with Crippen LogP contribution < -0.4 is 0 Å². The Balaban J connectivity index is 1.21. The second kappa shape index (κ2) is 12.9. The average Bonchev–Trinajstić information content (AvgIpc) is 4.07. The number of rotatable bonds is 2. The molecule has 6 aromatic heterocycles. The van der Waals surface area contributed by atoms with E-state index in [0.717, 1.165) is 11.2 Å². The molecule has 0 amide bonds. The van der Waals surface area contributed by atoms with Gasteiger partial charge in [0, 0.05) is 65.1 Å². The van der Waals surface area contributed by atoms with Gasteiger partial charge in [-0.25, -0.2) is 4.98 Å². The van der Waals surface area contributed by atoms with E-state index in [1.165, 1.54) is 126 Å². The van der Waals surface area contributed by atoms with E-state index in [4.69, 9.17) is 4.98 Å². The molecule has 0 unspecified atom stereocenters. The molecule has 4 heteroatoms. The van der Waals surface area contributed by atoms with Crippen LogP contribution in [0.15, 0.2) is 134 Å². The molecule has 0 atom stereocenters. The largest absolute Gasteiger partial charge is 0.309 e. The van der Waals surface area contributed by atoms with Crippen molar-refractivity contribution in [1.82, 2.24) is 18.4 Å². The Morgan fingerprint density at radius 3 is 1.54 bits per heavy atom. The minimum atomic E-state index is -0.0772. The quantitative estimate of drug-likeness (QED) is 0.170. The van der Waals surface area contributed by atoms with Gasteiger partial charge in [-0.2, -0.15) is 0 Å². The van der Waals surface area contributed by atoms with E-state index in [2.05, 4.69) is 230 Å². The third-order valence-corrected chi connectivity index (χ3v) is 15.3. The zero-order valence-electron chi connectivity index (χ0n) is 41.0. The van der Waals surface area contributed by atoms with Gasteiger partial charge < -0.3 is 8.97 Å². The van der Waals surface area contributed by atoms with Crippen molar-refractivity contribution >= 4 is 98.1 Å². The van der Waals surface area contributed by atoms with E-state index in [9.17, 15) is 0 Å². The first kappa shape index (κ1) is 40.4. The molecule has 0 aliphatic rings. The van der Waals surface area contributed by atoms with Crippen LogP contribution in [0.1, 0.15) is 105 Å². The SMILES string of the molecule is CC(C)(C)c1ccc2c(c1)c1cc(C(C)(C)C)cc3c4c5c6cc(C(C)(C)C)cc7c8cc(C(C)(C)C)cc(-c9ccc%10c(c9)c9ccccc9n%10-c9ccccc9)c8n(c5cnc4n2c13)c76. The highest BCUT2D eigenvalue weighted by Gasteiger charge is 2.31.